The predicted molar refractivity (Wildman–Crippen MR) is 145 cm³/mol. The summed E-state index contributed by atoms with van der Waals surface area (Å²) in [6, 6.07) is 9.44. The van der Waals surface area contributed by atoms with E-state index in [4.69, 9.17) is 23.2 Å². The highest BCUT2D eigenvalue weighted by Gasteiger charge is 2.18. The summed E-state index contributed by atoms with van der Waals surface area (Å²) in [7, 11) is 0. The van der Waals surface area contributed by atoms with Crippen LogP contribution >= 0.6 is 23.2 Å². The number of alkyl halides is 2. The second kappa shape index (κ2) is 11.4. The first kappa shape index (κ1) is 27.3. The minimum atomic E-state index is 0.157. The fourth-order valence-corrected chi connectivity index (χ4v) is 4.88. The average molecular weight is 476 g/mol. The van der Waals surface area contributed by atoms with Crippen LogP contribution in [-0.4, -0.2) is 0 Å². The average Bonchev–Trinajstić information content (AvgIpc) is 2.70. The third-order valence-electron chi connectivity index (χ3n) is 6.91. The molecule has 0 bridgehead atoms. The summed E-state index contributed by atoms with van der Waals surface area (Å²) in [6.07, 6.45) is 7.32. The minimum Gasteiger partial charge on any atom is -0.122 e. The standard InChI is InChI=1S/C30H44Cl2/c1-21-23(15-27(29(3,4)5)17-25(21)19-31)13-11-9-10-12-14-24-16-28(30(6,7)8)18-26(20-32)22(24)2/h15-18H,9-14,19-20H2,1-8H3. The number of unbranched alkanes of at least 4 members (excludes halogenated alkanes) is 3. The zero-order valence-corrected chi connectivity index (χ0v) is 23.2. The van der Waals surface area contributed by atoms with Crippen molar-refractivity contribution >= 4 is 23.2 Å². The number of hydrogen-bond donors (Lipinski definition) is 0. The first-order valence-corrected chi connectivity index (χ1v) is 13.3. The van der Waals surface area contributed by atoms with Gasteiger partial charge < -0.3 is 0 Å². The molecule has 0 heterocycles. The fourth-order valence-electron chi connectivity index (χ4n) is 4.33. The summed E-state index contributed by atoms with van der Waals surface area (Å²) in [5.74, 6) is 1.19. The number of aryl methyl sites for hydroxylation is 2. The van der Waals surface area contributed by atoms with Gasteiger partial charge in [-0.1, -0.05) is 78.6 Å². The Balaban J connectivity index is 1.96. The van der Waals surface area contributed by atoms with Gasteiger partial charge in [0.2, 0.25) is 0 Å². The van der Waals surface area contributed by atoms with Gasteiger partial charge in [-0.25, -0.2) is 0 Å². The van der Waals surface area contributed by atoms with Crippen molar-refractivity contribution in [1.29, 1.82) is 0 Å². The third kappa shape index (κ3) is 7.26. The molecule has 0 N–H and O–H groups in total. The summed E-state index contributed by atoms with van der Waals surface area (Å²) in [4.78, 5) is 0. The molecule has 0 aliphatic carbocycles. The van der Waals surface area contributed by atoms with E-state index >= 15 is 0 Å². The van der Waals surface area contributed by atoms with E-state index in [1.165, 1.54) is 70.2 Å². The zero-order valence-electron chi connectivity index (χ0n) is 21.7. The molecule has 0 amide bonds. The maximum Gasteiger partial charge on any atom is 0.0476 e. The fraction of sp³-hybridized carbons (Fsp3) is 0.600. The second-order valence-corrected chi connectivity index (χ2v) is 12.1. The molecule has 0 aliphatic heterocycles. The molecule has 0 radical (unpaired) electrons. The van der Waals surface area contributed by atoms with E-state index in [0.29, 0.717) is 11.8 Å². The van der Waals surface area contributed by atoms with Gasteiger partial charge in [-0.15, -0.1) is 23.2 Å². The van der Waals surface area contributed by atoms with E-state index in [1.54, 1.807) is 0 Å². The van der Waals surface area contributed by atoms with Crippen LogP contribution in [0.15, 0.2) is 24.3 Å². The zero-order chi connectivity index (χ0) is 24.1. The quantitative estimate of drug-likeness (QED) is 0.250. The molecule has 0 saturated heterocycles. The summed E-state index contributed by atoms with van der Waals surface area (Å²) < 4.78 is 0. The Morgan fingerprint density at radius 1 is 0.531 bits per heavy atom. The van der Waals surface area contributed by atoms with Crippen molar-refractivity contribution in [2.75, 3.05) is 0 Å². The summed E-state index contributed by atoms with van der Waals surface area (Å²) >= 11 is 12.5. The van der Waals surface area contributed by atoms with E-state index < -0.39 is 0 Å². The molecule has 0 atom stereocenters. The molecule has 0 aromatic heterocycles. The third-order valence-corrected chi connectivity index (χ3v) is 7.48. The maximum absolute atomic E-state index is 6.25. The molecular formula is C30H44Cl2. The van der Waals surface area contributed by atoms with E-state index in [2.05, 4.69) is 79.7 Å². The molecular weight excluding hydrogens is 431 g/mol. The normalized spacial score (nSPS) is 12.4. The first-order chi connectivity index (χ1) is 14.9. The lowest BCUT2D eigenvalue weighted by Crippen LogP contribution is -2.13. The molecule has 0 spiro atoms. The lowest BCUT2D eigenvalue weighted by molar-refractivity contribution is 0.585. The lowest BCUT2D eigenvalue weighted by Gasteiger charge is -2.23. The van der Waals surface area contributed by atoms with Crippen molar-refractivity contribution < 1.29 is 0 Å². The van der Waals surface area contributed by atoms with E-state index in [-0.39, 0.29) is 10.8 Å². The van der Waals surface area contributed by atoms with Gasteiger partial charge in [0.1, 0.15) is 0 Å². The summed E-state index contributed by atoms with van der Waals surface area (Å²) in [6.45, 7) is 18.2. The molecule has 2 heteroatoms. The lowest BCUT2D eigenvalue weighted by atomic mass is 9.82. The largest absolute Gasteiger partial charge is 0.122 e. The van der Waals surface area contributed by atoms with Crippen LogP contribution in [0.1, 0.15) is 112 Å². The number of benzene rings is 2. The molecule has 178 valence electrons. The molecule has 2 aromatic carbocycles. The van der Waals surface area contributed by atoms with E-state index in [0.717, 1.165) is 12.8 Å². The smallest absolute Gasteiger partial charge is 0.0476 e. The van der Waals surface area contributed by atoms with Gasteiger partial charge in [-0.3, -0.25) is 0 Å². The van der Waals surface area contributed by atoms with E-state index in [1.807, 2.05) is 0 Å². The molecule has 2 rings (SSSR count). The molecule has 2 aromatic rings. The highest BCUT2D eigenvalue weighted by molar-refractivity contribution is 6.17. The van der Waals surface area contributed by atoms with Crippen molar-refractivity contribution in [3.63, 3.8) is 0 Å². The van der Waals surface area contributed by atoms with Crippen LogP contribution in [0.25, 0.3) is 0 Å². The minimum absolute atomic E-state index is 0.157. The second-order valence-electron chi connectivity index (χ2n) is 11.5. The number of hydrogen-bond acceptors (Lipinski definition) is 0. The molecule has 0 aliphatic rings. The Labute approximate surface area is 208 Å². The molecule has 0 nitrogen and oxygen atoms in total. The van der Waals surface area contributed by atoms with Crippen LogP contribution in [0.5, 0.6) is 0 Å². The Kier molecular flexibility index (Phi) is 9.74. The van der Waals surface area contributed by atoms with Gasteiger partial charge >= 0.3 is 0 Å². The Bertz CT molecular complexity index is 819. The van der Waals surface area contributed by atoms with Crippen molar-refractivity contribution in [1.82, 2.24) is 0 Å². The van der Waals surface area contributed by atoms with Gasteiger partial charge in [-0.2, -0.15) is 0 Å². The van der Waals surface area contributed by atoms with Gasteiger partial charge in [-0.05, 0) is 94.9 Å². The van der Waals surface area contributed by atoms with Gasteiger partial charge in [0.05, 0.1) is 0 Å². The first-order valence-electron chi connectivity index (χ1n) is 12.3. The Morgan fingerprint density at radius 2 is 0.844 bits per heavy atom. The van der Waals surface area contributed by atoms with Crippen LogP contribution in [0.4, 0.5) is 0 Å². The van der Waals surface area contributed by atoms with Crippen molar-refractivity contribution in [2.24, 2.45) is 0 Å². The molecule has 0 unspecified atom stereocenters. The van der Waals surface area contributed by atoms with Crippen molar-refractivity contribution in [3.05, 3.63) is 68.8 Å². The van der Waals surface area contributed by atoms with Gasteiger partial charge in [0.15, 0.2) is 0 Å². The summed E-state index contributed by atoms with van der Waals surface area (Å²) in [5, 5.41) is 0. The summed E-state index contributed by atoms with van der Waals surface area (Å²) in [5.41, 5.74) is 11.4. The van der Waals surface area contributed by atoms with Gasteiger partial charge in [0.25, 0.3) is 0 Å². The van der Waals surface area contributed by atoms with Crippen LogP contribution in [0.3, 0.4) is 0 Å². The van der Waals surface area contributed by atoms with Crippen molar-refractivity contribution in [3.8, 4) is 0 Å². The van der Waals surface area contributed by atoms with E-state index in [9.17, 15) is 0 Å². The SMILES string of the molecule is Cc1c(CCl)cc(C(C)(C)C)cc1CCCCCCc1cc(C(C)(C)C)cc(CCl)c1C. The Morgan fingerprint density at radius 3 is 1.12 bits per heavy atom. The van der Waals surface area contributed by atoms with Crippen molar-refractivity contribution in [2.45, 2.75) is 117 Å². The molecule has 0 fully saturated rings. The van der Waals surface area contributed by atoms with Crippen LogP contribution in [0, 0.1) is 13.8 Å². The van der Waals surface area contributed by atoms with Gasteiger partial charge in [0, 0.05) is 11.8 Å². The monoisotopic (exact) mass is 474 g/mol. The van der Waals surface area contributed by atoms with Crippen LogP contribution in [-0.2, 0) is 35.4 Å². The number of halogens is 2. The number of rotatable bonds is 9. The predicted octanol–water partition coefficient (Wildman–Crippen LogP) is 9.72. The Hall–Kier alpha value is -0.980. The highest BCUT2D eigenvalue weighted by Crippen LogP contribution is 2.30. The molecule has 32 heavy (non-hydrogen) atoms. The van der Waals surface area contributed by atoms with Crippen LogP contribution in [0.2, 0.25) is 0 Å². The maximum atomic E-state index is 6.25. The van der Waals surface area contributed by atoms with Crippen LogP contribution < -0.4 is 0 Å². The molecule has 0 saturated carbocycles. The topological polar surface area (TPSA) is 0 Å². The highest BCUT2D eigenvalue weighted by atomic mass is 35.5.